The number of hydrogen-bond donors (Lipinski definition) is 0. The Labute approximate surface area is 111 Å². The Kier molecular flexibility index (Phi) is 4.32. The van der Waals surface area contributed by atoms with Crippen molar-refractivity contribution in [2.75, 3.05) is 0 Å². The largest absolute Gasteiger partial charge is 0.261 e. The Morgan fingerprint density at radius 2 is 1.88 bits per heavy atom. The van der Waals surface area contributed by atoms with Gasteiger partial charge in [0.2, 0.25) is 0 Å². The summed E-state index contributed by atoms with van der Waals surface area (Å²) in [5.41, 5.74) is 3.72. The van der Waals surface area contributed by atoms with Gasteiger partial charge in [-0.15, -0.1) is 0 Å². The summed E-state index contributed by atoms with van der Waals surface area (Å²) in [6, 6.07) is 14.8. The highest BCUT2D eigenvalue weighted by atomic mass is 79.9. The van der Waals surface area contributed by atoms with Crippen LogP contribution in [0.15, 0.2) is 48.7 Å². The lowest BCUT2D eigenvalue weighted by Gasteiger charge is -2.09. The van der Waals surface area contributed by atoms with Gasteiger partial charge in [0.25, 0.3) is 0 Å². The number of hydrogen-bond acceptors (Lipinski definition) is 1. The molecule has 1 heterocycles. The fourth-order valence-electron chi connectivity index (χ4n) is 1.77. The molecule has 0 N–H and O–H groups in total. The van der Waals surface area contributed by atoms with Crippen molar-refractivity contribution in [2.45, 2.75) is 24.6 Å². The quantitative estimate of drug-likeness (QED) is 0.758. The zero-order valence-electron chi connectivity index (χ0n) is 9.94. The van der Waals surface area contributed by atoms with Crippen LogP contribution in [0.25, 0.3) is 0 Å². The molecule has 0 saturated heterocycles. The predicted molar refractivity (Wildman–Crippen MR) is 75.4 cm³/mol. The molecule has 88 valence electrons. The van der Waals surface area contributed by atoms with Crippen molar-refractivity contribution >= 4 is 15.9 Å². The van der Waals surface area contributed by atoms with Crippen molar-refractivity contribution in [3.63, 3.8) is 0 Å². The molecule has 2 aromatic rings. The van der Waals surface area contributed by atoms with Crippen molar-refractivity contribution in [3.8, 4) is 0 Å². The molecule has 1 aromatic carbocycles. The van der Waals surface area contributed by atoms with Gasteiger partial charge >= 0.3 is 0 Å². The van der Waals surface area contributed by atoms with E-state index in [1.165, 1.54) is 11.1 Å². The molecule has 0 bridgehead atoms. The lowest BCUT2D eigenvalue weighted by atomic mass is 10.1. The van der Waals surface area contributed by atoms with Gasteiger partial charge in [-0.05, 0) is 37.0 Å². The summed E-state index contributed by atoms with van der Waals surface area (Å²) in [6.45, 7) is 2.01. The lowest BCUT2D eigenvalue weighted by molar-refractivity contribution is 0.809. The number of pyridine rings is 1. The van der Waals surface area contributed by atoms with Gasteiger partial charge in [-0.3, -0.25) is 4.98 Å². The van der Waals surface area contributed by atoms with Gasteiger partial charge in [-0.1, -0.05) is 52.3 Å². The van der Waals surface area contributed by atoms with E-state index in [-0.39, 0.29) is 0 Å². The zero-order chi connectivity index (χ0) is 12.1. The summed E-state index contributed by atoms with van der Waals surface area (Å²) in [4.78, 5) is 4.74. The average Bonchev–Trinajstić information content (AvgIpc) is 2.39. The van der Waals surface area contributed by atoms with Gasteiger partial charge in [0, 0.05) is 16.7 Å². The maximum absolute atomic E-state index is 4.31. The van der Waals surface area contributed by atoms with Crippen molar-refractivity contribution < 1.29 is 0 Å². The molecule has 0 aliphatic rings. The first kappa shape index (κ1) is 12.3. The SMILES string of the molecule is Cc1ccc(CCC(Br)c2ccccc2)cn1. The molecule has 1 unspecified atom stereocenters. The number of alkyl halides is 1. The third-order valence-corrected chi connectivity index (χ3v) is 3.81. The highest BCUT2D eigenvalue weighted by Crippen LogP contribution is 2.27. The lowest BCUT2D eigenvalue weighted by Crippen LogP contribution is -1.94. The molecule has 0 spiro atoms. The molecule has 0 amide bonds. The van der Waals surface area contributed by atoms with Crippen LogP contribution in [0.4, 0.5) is 0 Å². The first-order valence-electron chi connectivity index (χ1n) is 5.86. The highest BCUT2D eigenvalue weighted by Gasteiger charge is 2.06. The molecule has 1 nitrogen and oxygen atoms in total. The third-order valence-electron chi connectivity index (χ3n) is 2.82. The molecular formula is C15H16BrN. The molecule has 0 aliphatic carbocycles. The second-order valence-electron chi connectivity index (χ2n) is 4.22. The summed E-state index contributed by atoms with van der Waals surface area (Å²) in [5, 5.41) is 0. The first-order chi connectivity index (χ1) is 8.25. The number of benzene rings is 1. The van der Waals surface area contributed by atoms with Crippen LogP contribution in [0.1, 0.15) is 28.1 Å². The van der Waals surface area contributed by atoms with Gasteiger partial charge in [0.1, 0.15) is 0 Å². The molecule has 17 heavy (non-hydrogen) atoms. The maximum Gasteiger partial charge on any atom is 0.0398 e. The molecule has 0 radical (unpaired) electrons. The molecule has 1 atom stereocenters. The number of nitrogens with zero attached hydrogens (tertiary/aromatic N) is 1. The molecule has 1 aromatic heterocycles. The Morgan fingerprint density at radius 1 is 1.12 bits per heavy atom. The minimum Gasteiger partial charge on any atom is -0.261 e. The van der Waals surface area contributed by atoms with E-state index in [2.05, 4.69) is 57.3 Å². The van der Waals surface area contributed by atoms with Gasteiger partial charge < -0.3 is 0 Å². The summed E-state index contributed by atoms with van der Waals surface area (Å²) >= 11 is 3.74. The number of rotatable bonds is 4. The van der Waals surface area contributed by atoms with Crippen molar-refractivity contribution in [1.82, 2.24) is 4.98 Å². The Morgan fingerprint density at radius 3 is 2.53 bits per heavy atom. The molecule has 0 fully saturated rings. The van der Waals surface area contributed by atoms with Crippen molar-refractivity contribution in [1.29, 1.82) is 0 Å². The van der Waals surface area contributed by atoms with Gasteiger partial charge in [-0.25, -0.2) is 0 Å². The molecule has 2 heteroatoms. The van der Waals surface area contributed by atoms with Crippen LogP contribution < -0.4 is 0 Å². The Balaban J connectivity index is 1.92. The van der Waals surface area contributed by atoms with Crippen LogP contribution >= 0.6 is 15.9 Å². The molecule has 2 rings (SSSR count). The minimum atomic E-state index is 0.421. The van der Waals surface area contributed by atoms with E-state index in [4.69, 9.17) is 0 Å². The number of aryl methyl sites for hydroxylation is 2. The van der Waals surface area contributed by atoms with E-state index >= 15 is 0 Å². The van der Waals surface area contributed by atoms with Crippen LogP contribution in [0.2, 0.25) is 0 Å². The summed E-state index contributed by atoms with van der Waals surface area (Å²) < 4.78 is 0. The molecule has 0 aliphatic heterocycles. The van der Waals surface area contributed by atoms with Crippen LogP contribution in [0.3, 0.4) is 0 Å². The predicted octanol–water partition coefficient (Wildman–Crippen LogP) is 4.46. The van der Waals surface area contributed by atoms with E-state index in [1.54, 1.807) is 0 Å². The Hall–Kier alpha value is -1.15. The van der Waals surface area contributed by atoms with Crippen molar-refractivity contribution in [3.05, 3.63) is 65.5 Å². The first-order valence-corrected chi connectivity index (χ1v) is 6.78. The topological polar surface area (TPSA) is 12.9 Å². The second-order valence-corrected chi connectivity index (χ2v) is 5.33. The highest BCUT2D eigenvalue weighted by molar-refractivity contribution is 9.09. The Bertz CT molecular complexity index is 450. The second kappa shape index (κ2) is 5.97. The van der Waals surface area contributed by atoms with Crippen molar-refractivity contribution in [2.24, 2.45) is 0 Å². The maximum atomic E-state index is 4.31. The van der Waals surface area contributed by atoms with E-state index in [9.17, 15) is 0 Å². The molecular weight excluding hydrogens is 274 g/mol. The van der Waals surface area contributed by atoms with E-state index in [0.717, 1.165) is 18.5 Å². The standard InChI is InChI=1S/C15H16BrN/c1-12-7-8-13(11-17-12)9-10-15(16)14-5-3-2-4-6-14/h2-8,11,15H,9-10H2,1H3. The smallest absolute Gasteiger partial charge is 0.0398 e. The normalized spacial score (nSPS) is 12.4. The summed E-state index contributed by atoms with van der Waals surface area (Å²) in [6.07, 6.45) is 4.12. The summed E-state index contributed by atoms with van der Waals surface area (Å²) in [5.74, 6) is 0. The number of halogens is 1. The van der Waals surface area contributed by atoms with Gasteiger partial charge in [0.15, 0.2) is 0 Å². The fraction of sp³-hybridized carbons (Fsp3) is 0.267. The van der Waals surface area contributed by atoms with E-state index in [1.807, 2.05) is 19.2 Å². The van der Waals surface area contributed by atoms with Crippen LogP contribution in [-0.4, -0.2) is 4.98 Å². The van der Waals surface area contributed by atoms with E-state index < -0.39 is 0 Å². The minimum absolute atomic E-state index is 0.421. The van der Waals surface area contributed by atoms with Crippen LogP contribution in [0, 0.1) is 6.92 Å². The summed E-state index contributed by atoms with van der Waals surface area (Å²) in [7, 11) is 0. The fourth-order valence-corrected chi connectivity index (χ4v) is 2.30. The van der Waals surface area contributed by atoms with Gasteiger partial charge in [-0.2, -0.15) is 0 Å². The zero-order valence-corrected chi connectivity index (χ0v) is 11.5. The monoisotopic (exact) mass is 289 g/mol. The van der Waals surface area contributed by atoms with Crippen LogP contribution in [-0.2, 0) is 6.42 Å². The third kappa shape index (κ3) is 3.67. The van der Waals surface area contributed by atoms with Gasteiger partial charge in [0.05, 0.1) is 0 Å². The average molecular weight is 290 g/mol. The molecule has 0 saturated carbocycles. The van der Waals surface area contributed by atoms with E-state index in [0.29, 0.717) is 4.83 Å². The number of aromatic nitrogens is 1. The van der Waals surface area contributed by atoms with Crippen LogP contribution in [0.5, 0.6) is 0 Å².